The molecule has 3 aromatic rings. The summed E-state index contributed by atoms with van der Waals surface area (Å²) in [5.41, 5.74) is 1.11. The lowest BCUT2D eigenvalue weighted by molar-refractivity contribution is 0.308. The van der Waals surface area contributed by atoms with Crippen molar-refractivity contribution in [1.82, 2.24) is 0 Å². The van der Waals surface area contributed by atoms with Crippen molar-refractivity contribution in [2.24, 2.45) is 0 Å². The second-order valence-electron chi connectivity index (χ2n) is 4.04. The second kappa shape index (κ2) is 4.70. The first-order chi connectivity index (χ1) is 8.83. The van der Waals surface area contributed by atoms with E-state index in [0.717, 1.165) is 16.7 Å². The minimum Gasteiger partial charge on any atom is -0.508 e. The van der Waals surface area contributed by atoms with Crippen LogP contribution in [0, 0.1) is 0 Å². The van der Waals surface area contributed by atoms with E-state index in [2.05, 4.69) is 5.38 Å². The molecule has 2 aromatic carbocycles. The number of para-hydroxylation sites is 1. The molecule has 0 atom stereocenters. The smallest absolute Gasteiger partial charge is 0.119 e. The van der Waals surface area contributed by atoms with Gasteiger partial charge in [0.1, 0.15) is 18.1 Å². The van der Waals surface area contributed by atoms with Gasteiger partial charge in [0.05, 0.1) is 0 Å². The molecular formula is C15H12O2S. The average Bonchev–Trinajstić information content (AvgIpc) is 2.80. The molecular weight excluding hydrogens is 244 g/mol. The van der Waals surface area contributed by atoms with Gasteiger partial charge >= 0.3 is 0 Å². The summed E-state index contributed by atoms with van der Waals surface area (Å²) in [5.74, 6) is 1.15. The Labute approximate surface area is 109 Å². The SMILES string of the molecule is Oc1ccc2scc(COc3ccccc3)c2c1. The van der Waals surface area contributed by atoms with E-state index in [1.165, 1.54) is 4.70 Å². The molecule has 1 aromatic heterocycles. The number of fused-ring (bicyclic) bond motifs is 1. The Hall–Kier alpha value is -2.00. The van der Waals surface area contributed by atoms with E-state index < -0.39 is 0 Å². The van der Waals surface area contributed by atoms with Crippen LogP contribution in [0.3, 0.4) is 0 Å². The molecule has 0 aliphatic heterocycles. The molecule has 0 aliphatic rings. The summed E-state index contributed by atoms with van der Waals surface area (Å²) in [6.07, 6.45) is 0. The third kappa shape index (κ3) is 2.17. The van der Waals surface area contributed by atoms with Crippen LogP contribution in [0.4, 0.5) is 0 Å². The van der Waals surface area contributed by atoms with Crippen LogP contribution in [0.15, 0.2) is 53.9 Å². The fraction of sp³-hybridized carbons (Fsp3) is 0.0667. The molecule has 0 saturated heterocycles. The Kier molecular flexibility index (Phi) is 2.90. The van der Waals surface area contributed by atoms with Crippen molar-refractivity contribution in [2.75, 3.05) is 0 Å². The number of phenols is 1. The van der Waals surface area contributed by atoms with Gasteiger partial charge in [0, 0.05) is 15.6 Å². The van der Waals surface area contributed by atoms with Gasteiger partial charge in [0.15, 0.2) is 0 Å². The first kappa shape index (κ1) is 11.1. The van der Waals surface area contributed by atoms with Crippen molar-refractivity contribution in [3.05, 3.63) is 59.5 Å². The number of phenolic OH excluding ortho intramolecular Hbond substituents is 1. The number of hydrogen-bond acceptors (Lipinski definition) is 3. The summed E-state index contributed by atoms with van der Waals surface area (Å²) in [4.78, 5) is 0. The fourth-order valence-electron chi connectivity index (χ4n) is 1.86. The summed E-state index contributed by atoms with van der Waals surface area (Å²) < 4.78 is 6.89. The second-order valence-corrected chi connectivity index (χ2v) is 4.95. The molecule has 0 bridgehead atoms. The van der Waals surface area contributed by atoms with Crippen LogP contribution in [0.1, 0.15) is 5.56 Å². The van der Waals surface area contributed by atoms with Crippen LogP contribution >= 0.6 is 11.3 Å². The maximum absolute atomic E-state index is 9.52. The normalized spacial score (nSPS) is 10.7. The highest BCUT2D eigenvalue weighted by atomic mass is 32.1. The summed E-state index contributed by atoms with van der Waals surface area (Å²) in [7, 11) is 0. The van der Waals surface area contributed by atoms with E-state index in [-0.39, 0.29) is 0 Å². The highest BCUT2D eigenvalue weighted by molar-refractivity contribution is 7.17. The Morgan fingerprint density at radius 2 is 1.89 bits per heavy atom. The van der Waals surface area contributed by atoms with Gasteiger partial charge in [-0.25, -0.2) is 0 Å². The molecule has 0 saturated carbocycles. The summed E-state index contributed by atoms with van der Waals surface area (Å²) in [6.45, 7) is 0.521. The highest BCUT2D eigenvalue weighted by Gasteiger charge is 2.05. The quantitative estimate of drug-likeness (QED) is 0.761. The first-order valence-electron chi connectivity index (χ1n) is 5.70. The van der Waals surface area contributed by atoms with Gasteiger partial charge in [-0.05, 0) is 35.7 Å². The van der Waals surface area contributed by atoms with E-state index in [0.29, 0.717) is 12.4 Å². The Morgan fingerprint density at radius 3 is 2.72 bits per heavy atom. The van der Waals surface area contributed by atoms with Crippen LogP contribution in [-0.4, -0.2) is 5.11 Å². The lowest BCUT2D eigenvalue weighted by Gasteiger charge is -2.05. The molecule has 3 rings (SSSR count). The standard InChI is InChI=1S/C15H12O2S/c16-12-6-7-15-14(8-12)11(10-18-15)9-17-13-4-2-1-3-5-13/h1-8,10,16H,9H2. The summed E-state index contributed by atoms with van der Waals surface area (Å²) in [6, 6.07) is 15.2. The molecule has 90 valence electrons. The third-order valence-electron chi connectivity index (χ3n) is 2.77. The maximum Gasteiger partial charge on any atom is 0.119 e. The third-order valence-corrected chi connectivity index (χ3v) is 3.79. The topological polar surface area (TPSA) is 29.5 Å². The van der Waals surface area contributed by atoms with Gasteiger partial charge in [-0.2, -0.15) is 0 Å². The molecule has 0 fully saturated rings. The maximum atomic E-state index is 9.52. The number of hydrogen-bond donors (Lipinski definition) is 1. The van der Waals surface area contributed by atoms with Crippen molar-refractivity contribution in [1.29, 1.82) is 0 Å². The molecule has 3 heteroatoms. The molecule has 1 heterocycles. The van der Waals surface area contributed by atoms with Gasteiger partial charge in [0.25, 0.3) is 0 Å². The van der Waals surface area contributed by atoms with Crippen molar-refractivity contribution >= 4 is 21.4 Å². The first-order valence-corrected chi connectivity index (χ1v) is 6.58. The monoisotopic (exact) mass is 256 g/mol. The Balaban J connectivity index is 1.85. The van der Waals surface area contributed by atoms with E-state index in [9.17, 15) is 5.11 Å². The van der Waals surface area contributed by atoms with Gasteiger partial charge < -0.3 is 9.84 Å². The van der Waals surface area contributed by atoms with Gasteiger partial charge in [0.2, 0.25) is 0 Å². The fourth-order valence-corrected chi connectivity index (χ4v) is 2.79. The number of benzene rings is 2. The van der Waals surface area contributed by atoms with E-state index in [1.807, 2.05) is 36.4 Å². The number of thiophene rings is 1. The van der Waals surface area contributed by atoms with Crippen LogP contribution in [0.2, 0.25) is 0 Å². The van der Waals surface area contributed by atoms with E-state index >= 15 is 0 Å². The van der Waals surface area contributed by atoms with Crippen molar-refractivity contribution in [3.63, 3.8) is 0 Å². The minimum absolute atomic E-state index is 0.293. The lowest BCUT2D eigenvalue weighted by Crippen LogP contribution is -1.93. The Morgan fingerprint density at radius 1 is 1.06 bits per heavy atom. The number of rotatable bonds is 3. The molecule has 0 radical (unpaired) electrons. The zero-order valence-corrected chi connectivity index (χ0v) is 10.5. The zero-order chi connectivity index (χ0) is 12.4. The largest absolute Gasteiger partial charge is 0.508 e. The van der Waals surface area contributed by atoms with E-state index in [4.69, 9.17) is 4.74 Å². The van der Waals surface area contributed by atoms with Crippen molar-refractivity contribution in [2.45, 2.75) is 6.61 Å². The lowest BCUT2D eigenvalue weighted by atomic mass is 10.2. The highest BCUT2D eigenvalue weighted by Crippen LogP contribution is 2.29. The Bertz CT molecular complexity index is 659. The summed E-state index contributed by atoms with van der Waals surface area (Å²) >= 11 is 1.67. The molecule has 2 nitrogen and oxygen atoms in total. The average molecular weight is 256 g/mol. The molecule has 0 spiro atoms. The number of ether oxygens (including phenoxy) is 1. The molecule has 1 N–H and O–H groups in total. The van der Waals surface area contributed by atoms with Crippen LogP contribution in [-0.2, 0) is 6.61 Å². The molecule has 0 amide bonds. The molecule has 0 unspecified atom stereocenters. The van der Waals surface area contributed by atoms with Crippen LogP contribution < -0.4 is 4.74 Å². The predicted octanol–water partition coefficient (Wildman–Crippen LogP) is 4.19. The molecule has 18 heavy (non-hydrogen) atoms. The van der Waals surface area contributed by atoms with Gasteiger partial charge in [-0.3, -0.25) is 0 Å². The van der Waals surface area contributed by atoms with Gasteiger partial charge in [-0.1, -0.05) is 18.2 Å². The van der Waals surface area contributed by atoms with Crippen molar-refractivity contribution in [3.8, 4) is 11.5 Å². The molecule has 0 aliphatic carbocycles. The predicted molar refractivity (Wildman–Crippen MR) is 74.3 cm³/mol. The minimum atomic E-state index is 0.293. The van der Waals surface area contributed by atoms with Crippen LogP contribution in [0.5, 0.6) is 11.5 Å². The van der Waals surface area contributed by atoms with Crippen molar-refractivity contribution < 1.29 is 9.84 Å². The van der Waals surface area contributed by atoms with Crippen LogP contribution in [0.25, 0.3) is 10.1 Å². The summed E-state index contributed by atoms with van der Waals surface area (Å²) in [5, 5.41) is 12.7. The van der Waals surface area contributed by atoms with Gasteiger partial charge in [-0.15, -0.1) is 11.3 Å². The number of aromatic hydroxyl groups is 1. The van der Waals surface area contributed by atoms with E-state index in [1.54, 1.807) is 23.5 Å². The zero-order valence-electron chi connectivity index (χ0n) is 9.67.